The molecule has 3 N–H and O–H groups in total. The van der Waals surface area contributed by atoms with Crippen molar-refractivity contribution in [3.05, 3.63) is 54.2 Å². The van der Waals surface area contributed by atoms with Crippen LogP contribution in [0.15, 0.2) is 48.2 Å². The fourth-order valence-electron chi connectivity index (χ4n) is 4.54. The van der Waals surface area contributed by atoms with Crippen LogP contribution < -0.4 is 20.4 Å². The number of fused-ring (bicyclic) bond motifs is 1. The van der Waals surface area contributed by atoms with Crippen LogP contribution in [0, 0.1) is 0 Å². The maximum absolute atomic E-state index is 6.12. The lowest BCUT2D eigenvalue weighted by atomic mass is 10.1. The monoisotopic (exact) mass is 519 g/mol. The molecule has 3 aromatic rings. The van der Waals surface area contributed by atoms with Crippen LogP contribution in [0.2, 0.25) is 0 Å². The van der Waals surface area contributed by atoms with Crippen molar-refractivity contribution >= 4 is 34.3 Å². The maximum atomic E-state index is 6.12. The molecule has 0 bridgehead atoms. The molecule has 9 heteroatoms. The van der Waals surface area contributed by atoms with Gasteiger partial charge in [0.05, 0.1) is 25.1 Å². The number of hydrogen-bond acceptors (Lipinski definition) is 8. The number of anilines is 2. The summed E-state index contributed by atoms with van der Waals surface area (Å²) in [4.78, 5) is 12.8. The molecule has 4 rings (SSSR count). The summed E-state index contributed by atoms with van der Waals surface area (Å²) in [5, 5.41) is 8.74. The van der Waals surface area contributed by atoms with Gasteiger partial charge in [0.25, 0.3) is 0 Å². The quantitative estimate of drug-likeness (QED) is 0.213. The first-order valence-electron chi connectivity index (χ1n) is 13.6. The molecule has 1 fully saturated rings. The molecule has 0 saturated carbocycles. The van der Waals surface area contributed by atoms with E-state index in [-0.39, 0.29) is 0 Å². The first-order chi connectivity index (χ1) is 18.6. The molecule has 0 radical (unpaired) electrons. The first kappa shape index (κ1) is 27.5. The van der Waals surface area contributed by atoms with Crippen LogP contribution in [0.5, 0.6) is 5.88 Å². The summed E-state index contributed by atoms with van der Waals surface area (Å²) in [6.07, 6.45) is 5.90. The largest absolute Gasteiger partial charge is 0.476 e. The highest BCUT2D eigenvalue weighted by molar-refractivity contribution is 6.00. The minimum Gasteiger partial charge on any atom is -0.476 e. The Morgan fingerprint density at radius 2 is 2.00 bits per heavy atom. The zero-order valence-corrected chi connectivity index (χ0v) is 22.9. The number of aromatic nitrogens is 2. The van der Waals surface area contributed by atoms with Gasteiger partial charge in [-0.15, -0.1) is 0 Å². The Balaban J connectivity index is 1.49. The number of nitrogens with zero attached hydrogens (tertiary/aromatic N) is 4. The van der Waals surface area contributed by atoms with Gasteiger partial charge in [0.1, 0.15) is 12.4 Å². The lowest BCUT2D eigenvalue weighted by Gasteiger charge is -2.26. The highest BCUT2D eigenvalue weighted by Gasteiger charge is 2.13. The Kier molecular flexibility index (Phi) is 10.0. The van der Waals surface area contributed by atoms with Crippen molar-refractivity contribution in [2.24, 2.45) is 5.10 Å². The van der Waals surface area contributed by atoms with Gasteiger partial charge in [0, 0.05) is 80.3 Å². The molecule has 1 aliphatic rings. The number of hydrazone groups is 1. The van der Waals surface area contributed by atoms with Gasteiger partial charge in [-0.3, -0.25) is 10.3 Å². The smallest absolute Gasteiger partial charge is 0.217 e. The second-order valence-electron chi connectivity index (χ2n) is 9.44. The summed E-state index contributed by atoms with van der Waals surface area (Å²) >= 11 is 0. The van der Waals surface area contributed by atoms with E-state index in [0.29, 0.717) is 12.5 Å². The number of ether oxygens (including phenoxy) is 2. The Morgan fingerprint density at radius 1 is 1.21 bits per heavy atom. The number of H-pyrrole nitrogens is 1. The zero-order chi connectivity index (χ0) is 26.7. The number of hydrogen-bond donors (Lipinski definition) is 3. The molecule has 1 saturated heterocycles. The van der Waals surface area contributed by atoms with Crippen LogP contribution >= 0.6 is 0 Å². The highest BCUT2D eigenvalue weighted by atomic mass is 16.5. The second-order valence-corrected chi connectivity index (χ2v) is 9.44. The Hall–Kier alpha value is -3.56. The summed E-state index contributed by atoms with van der Waals surface area (Å²) < 4.78 is 11.6. The molecular formula is C29H41N7O2. The number of nitrogens with one attached hydrogen (secondary N) is 3. The van der Waals surface area contributed by atoms with E-state index in [1.54, 1.807) is 0 Å². The van der Waals surface area contributed by atoms with E-state index in [4.69, 9.17) is 14.5 Å². The molecule has 9 nitrogen and oxygen atoms in total. The molecule has 1 aliphatic heterocycles. The van der Waals surface area contributed by atoms with Crippen LogP contribution in [0.1, 0.15) is 37.8 Å². The predicted molar refractivity (Wildman–Crippen MR) is 157 cm³/mol. The van der Waals surface area contributed by atoms with E-state index in [9.17, 15) is 0 Å². The van der Waals surface area contributed by atoms with Crippen molar-refractivity contribution in [1.82, 2.24) is 20.2 Å². The number of benzene rings is 1. The predicted octanol–water partition coefficient (Wildman–Crippen LogP) is 4.54. The van der Waals surface area contributed by atoms with Gasteiger partial charge >= 0.3 is 0 Å². The molecule has 0 amide bonds. The van der Waals surface area contributed by atoms with Gasteiger partial charge in [0.2, 0.25) is 5.88 Å². The van der Waals surface area contributed by atoms with E-state index >= 15 is 0 Å². The Labute approximate surface area is 225 Å². The minimum absolute atomic E-state index is 0.581. The third kappa shape index (κ3) is 7.26. The second kappa shape index (κ2) is 13.8. The topological polar surface area (TPSA) is 90.0 Å². The number of morpholine rings is 1. The van der Waals surface area contributed by atoms with Crippen molar-refractivity contribution in [1.29, 1.82) is 0 Å². The third-order valence-corrected chi connectivity index (χ3v) is 6.62. The van der Waals surface area contributed by atoms with Crippen molar-refractivity contribution in [3.8, 4) is 5.88 Å². The van der Waals surface area contributed by atoms with E-state index < -0.39 is 0 Å². The Morgan fingerprint density at radius 3 is 2.74 bits per heavy atom. The molecule has 38 heavy (non-hydrogen) atoms. The van der Waals surface area contributed by atoms with Gasteiger partial charge in [-0.05, 0) is 24.5 Å². The van der Waals surface area contributed by atoms with Crippen molar-refractivity contribution < 1.29 is 9.47 Å². The van der Waals surface area contributed by atoms with E-state index in [1.165, 1.54) is 0 Å². The van der Waals surface area contributed by atoms with Crippen LogP contribution in [-0.4, -0.2) is 80.7 Å². The number of pyridine rings is 1. The average molecular weight is 520 g/mol. The molecule has 1 aromatic carbocycles. The zero-order valence-electron chi connectivity index (χ0n) is 22.9. The Bertz CT molecular complexity index is 1210. The minimum atomic E-state index is 0.581. The lowest BCUT2D eigenvalue weighted by Crippen LogP contribution is -2.38. The molecular weight excluding hydrogens is 478 g/mol. The summed E-state index contributed by atoms with van der Waals surface area (Å²) in [5.41, 5.74) is 8.03. The fraction of sp³-hybridized carbons (Fsp3) is 0.448. The maximum Gasteiger partial charge on any atom is 0.217 e. The summed E-state index contributed by atoms with van der Waals surface area (Å²) in [7, 11) is 1.87. The van der Waals surface area contributed by atoms with Crippen LogP contribution in [0.4, 0.5) is 11.5 Å². The summed E-state index contributed by atoms with van der Waals surface area (Å²) in [5.74, 6) is 1.51. The van der Waals surface area contributed by atoms with E-state index in [0.717, 1.165) is 98.0 Å². The SMILES string of the molecule is C=C(NC)c1ccc2c(/C=N/Nc3cc(OCCN4CCOCC4)nc(N(CCC)CCC)c3)c[nH]c2c1. The molecule has 3 heterocycles. The number of aromatic amines is 1. The molecule has 2 aromatic heterocycles. The van der Waals surface area contributed by atoms with E-state index in [2.05, 4.69) is 69.3 Å². The first-order valence-corrected chi connectivity index (χ1v) is 13.6. The normalized spacial score (nSPS) is 14.2. The molecule has 0 spiro atoms. The average Bonchev–Trinajstić information content (AvgIpc) is 3.35. The molecule has 0 atom stereocenters. The van der Waals surface area contributed by atoms with Gasteiger partial charge in [-0.1, -0.05) is 32.6 Å². The third-order valence-electron chi connectivity index (χ3n) is 6.62. The van der Waals surface area contributed by atoms with Crippen LogP contribution in [-0.2, 0) is 4.74 Å². The molecule has 0 unspecified atom stereocenters. The van der Waals surface area contributed by atoms with Gasteiger partial charge in [0.15, 0.2) is 0 Å². The van der Waals surface area contributed by atoms with E-state index in [1.807, 2.05) is 31.6 Å². The summed E-state index contributed by atoms with van der Waals surface area (Å²) in [6, 6.07) is 10.2. The molecule has 0 aliphatic carbocycles. The van der Waals surface area contributed by atoms with Crippen molar-refractivity contribution in [2.45, 2.75) is 26.7 Å². The number of rotatable bonds is 14. The van der Waals surface area contributed by atoms with Crippen LogP contribution in [0.3, 0.4) is 0 Å². The van der Waals surface area contributed by atoms with Crippen molar-refractivity contribution in [3.63, 3.8) is 0 Å². The highest BCUT2D eigenvalue weighted by Crippen LogP contribution is 2.25. The summed E-state index contributed by atoms with van der Waals surface area (Å²) in [6.45, 7) is 15.2. The van der Waals surface area contributed by atoms with Crippen LogP contribution in [0.25, 0.3) is 16.6 Å². The molecule has 204 valence electrons. The fourth-order valence-corrected chi connectivity index (χ4v) is 4.54. The lowest BCUT2D eigenvalue weighted by molar-refractivity contribution is 0.0320. The standard InChI is InChI=1S/C29H41N7O2/c1-5-9-36(10-6-2)28-18-25(19-29(33-28)38-16-13-35-11-14-37-15-12-35)34-32-21-24-20-31-27-17-23(22(3)30-4)7-8-26(24)27/h7-8,17-21,30-31H,3,5-6,9-16H2,1-2,4H3,(H,33,34)/b32-21+. The van der Waals surface area contributed by atoms with Gasteiger partial charge in [-0.2, -0.15) is 10.1 Å². The van der Waals surface area contributed by atoms with Gasteiger partial charge in [-0.25, -0.2) is 0 Å². The van der Waals surface area contributed by atoms with Crippen molar-refractivity contribution in [2.75, 3.05) is 69.9 Å². The van der Waals surface area contributed by atoms with Gasteiger partial charge < -0.3 is 24.7 Å².